The molecule has 2 rings (SSSR count). The number of aliphatic imine (C=N–C) groups is 1. The number of amidine groups is 1. The Labute approximate surface area is 117 Å². The van der Waals surface area contributed by atoms with Crippen LogP contribution in [0, 0.1) is 0 Å². The monoisotopic (exact) mass is 309 g/mol. The molecule has 0 aromatic heterocycles. The summed E-state index contributed by atoms with van der Waals surface area (Å²) in [5.74, 6) is 6.47. The first-order chi connectivity index (χ1) is 8.78. The number of rotatable bonds is 3. The van der Waals surface area contributed by atoms with Crippen LogP contribution in [0.5, 0.6) is 0 Å². The van der Waals surface area contributed by atoms with Crippen LogP contribution in [0.25, 0.3) is 0 Å². The van der Waals surface area contributed by atoms with Crippen LogP contribution < -0.4 is 11.3 Å². The molecule has 1 saturated carbocycles. The molecule has 4 heteroatoms. The van der Waals surface area contributed by atoms with Gasteiger partial charge in [-0.2, -0.15) is 0 Å². The molecule has 0 unspecified atom stereocenters. The van der Waals surface area contributed by atoms with E-state index in [-0.39, 0.29) is 0 Å². The average molecular weight is 310 g/mol. The number of hydrogen-bond acceptors (Lipinski definition) is 2. The number of benzene rings is 1. The highest BCUT2D eigenvalue weighted by Crippen LogP contribution is 2.20. The summed E-state index contributed by atoms with van der Waals surface area (Å²) >= 11 is 3.48. The summed E-state index contributed by atoms with van der Waals surface area (Å²) in [6.07, 6.45) is 7.11. The lowest BCUT2D eigenvalue weighted by Gasteiger charge is -2.19. The maximum atomic E-state index is 5.58. The zero-order chi connectivity index (χ0) is 12.8. The number of hydrazine groups is 1. The van der Waals surface area contributed by atoms with E-state index in [0.29, 0.717) is 6.04 Å². The molecule has 0 amide bonds. The molecule has 0 saturated heterocycles. The first-order valence-electron chi connectivity index (χ1n) is 6.55. The Morgan fingerprint density at radius 3 is 2.78 bits per heavy atom. The van der Waals surface area contributed by atoms with E-state index >= 15 is 0 Å². The lowest BCUT2D eigenvalue weighted by molar-refractivity contribution is 0.442. The highest BCUT2D eigenvalue weighted by molar-refractivity contribution is 9.10. The standard InChI is InChI=1S/C14H20BrN3/c15-12-6-4-5-11(9-12)10-14(18-16)17-13-7-2-1-3-8-13/h4-6,9,13H,1-3,7-8,10,16H2,(H,17,18). The van der Waals surface area contributed by atoms with Gasteiger partial charge in [-0.05, 0) is 30.5 Å². The number of nitrogens with zero attached hydrogens (tertiary/aromatic N) is 1. The Hall–Kier alpha value is -0.870. The molecular formula is C14H20BrN3. The average Bonchev–Trinajstić information content (AvgIpc) is 2.39. The molecule has 1 aliphatic rings. The molecule has 1 fully saturated rings. The van der Waals surface area contributed by atoms with Crippen LogP contribution >= 0.6 is 15.9 Å². The zero-order valence-electron chi connectivity index (χ0n) is 10.5. The maximum absolute atomic E-state index is 5.58. The number of halogens is 1. The third-order valence-corrected chi connectivity index (χ3v) is 3.83. The van der Waals surface area contributed by atoms with Crippen LogP contribution in [0.1, 0.15) is 37.7 Å². The van der Waals surface area contributed by atoms with E-state index in [0.717, 1.165) is 16.7 Å². The van der Waals surface area contributed by atoms with E-state index < -0.39 is 0 Å². The SMILES string of the molecule is NNC(Cc1cccc(Br)c1)=NC1CCCCC1. The summed E-state index contributed by atoms with van der Waals surface area (Å²) < 4.78 is 1.09. The molecule has 0 atom stereocenters. The van der Waals surface area contributed by atoms with Crippen LogP contribution in [-0.4, -0.2) is 11.9 Å². The third-order valence-electron chi connectivity index (χ3n) is 3.34. The van der Waals surface area contributed by atoms with Crippen LogP contribution in [0.15, 0.2) is 33.7 Å². The van der Waals surface area contributed by atoms with Crippen molar-refractivity contribution in [3.63, 3.8) is 0 Å². The van der Waals surface area contributed by atoms with Gasteiger partial charge in [-0.1, -0.05) is 47.3 Å². The van der Waals surface area contributed by atoms with Crippen molar-refractivity contribution >= 4 is 21.8 Å². The predicted molar refractivity (Wildman–Crippen MR) is 79.5 cm³/mol. The molecule has 18 heavy (non-hydrogen) atoms. The highest BCUT2D eigenvalue weighted by Gasteiger charge is 2.13. The summed E-state index contributed by atoms with van der Waals surface area (Å²) in [7, 11) is 0. The van der Waals surface area contributed by atoms with Crippen molar-refractivity contribution in [2.45, 2.75) is 44.6 Å². The van der Waals surface area contributed by atoms with E-state index in [1.54, 1.807) is 0 Å². The fraction of sp³-hybridized carbons (Fsp3) is 0.500. The summed E-state index contributed by atoms with van der Waals surface area (Å²) in [5, 5.41) is 0. The minimum atomic E-state index is 0.456. The first-order valence-corrected chi connectivity index (χ1v) is 7.35. The summed E-state index contributed by atoms with van der Waals surface area (Å²) in [6, 6.07) is 8.72. The van der Waals surface area contributed by atoms with Crippen molar-refractivity contribution in [2.75, 3.05) is 0 Å². The van der Waals surface area contributed by atoms with Crippen LogP contribution in [0.3, 0.4) is 0 Å². The molecule has 0 heterocycles. The Kier molecular flexibility index (Phi) is 5.20. The molecule has 0 bridgehead atoms. The minimum Gasteiger partial charge on any atom is -0.312 e. The molecule has 0 radical (unpaired) electrons. The van der Waals surface area contributed by atoms with E-state index in [1.165, 1.54) is 37.7 Å². The van der Waals surface area contributed by atoms with Crippen molar-refractivity contribution in [3.8, 4) is 0 Å². The lowest BCUT2D eigenvalue weighted by Crippen LogP contribution is -2.33. The second kappa shape index (κ2) is 6.90. The topological polar surface area (TPSA) is 50.4 Å². The molecule has 1 aromatic rings. The van der Waals surface area contributed by atoms with Crippen LogP contribution in [-0.2, 0) is 6.42 Å². The Bertz CT molecular complexity index is 411. The second-order valence-electron chi connectivity index (χ2n) is 4.82. The maximum Gasteiger partial charge on any atom is 0.115 e. The largest absolute Gasteiger partial charge is 0.312 e. The molecule has 3 nitrogen and oxygen atoms in total. The fourth-order valence-electron chi connectivity index (χ4n) is 2.40. The van der Waals surface area contributed by atoms with Crippen molar-refractivity contribution in [2.24, 2.45) is 10.8 Å². The van der Waals surface area contributed by atoms with Gasteiger partial charge in [0.15, 0.2) is 0 Å². The summed E-state index contributed by atoms with van der Waals surface area (Å²) in [6.45, 7) is 0. The van der Waals surface area contributed by atoms with E-state index in [9.17, 15) is 0 Å². The Balaban J connectivity index is 2.01. The van der Waals surface area contributed by atoms with E-state index in [2.05, 4.69) is 33.5 Å². The fourth-order valence-corrected chi connectivity index (χ4v) is 2.85. The van der Waals surface area contributed by atoms with Gasteiger partial charge in [-0.25, -0.2) is 5.84 Å². The van der Waals surface area contributed by atoms with Crippen molar-refractivity contribution in [1.29, 1.82) is 0 Å². The number of nitrogens with one attached hydrogen (secondary N) is 1. The van der Waals surface area contributed by atoms with Crippen molar-refractivity contribution in [1.82, 2.24) is 5.43 Å². The van der Waals surface area contributed by atoms with Gasteiger partial charge in [0.25, 0.3) is 0 Å². The van der Waals surface area contributed by atoms with Gasteiger partial charge in [-0.3, -0.25) is 4.99 Å². The third kappa shape index (κ3) is 4.10. The molecule has 1 aromatic carbocycles. The van der Waals surface area contributed by atoms with Crippen molar-refractivity contribution in [3.05, 3.63) is 34.3 Å². The summed E-state index contributed by atoms with van der Waals surface area (Å²) in [5.41, 5.74) is 3.97. The molecule has 1 aliphatic carbocycles. The lowest BCUT2D eigenvalue weighted by atomic mass is 9.96. The van der Waals surface area contributed by atoms with Crippen LogP contribution in [0.4, 0.5) is 0 Å². The van der Waals surface area contributed by atoms with Gasteiger partial charge in [0.1, 0.15) is 5.84 Å². The molecular weight excluding hydrogens is 290 g/mol. The van der Waals surface area contributed by atoms with Crippen LogP contribution in [0.2, 0.25) is 0 Å². The number of nitrogens with two attached hydrogens (primary N) is 1. The van der Waals surface area contributed by atoms with Gasteiger partial charge < -0.3 is 5.43 Å². The Morgan fingerprint density at radius 1 is 1.33 bits per heavy atom. The smallest absolute Gasteiger partial charge is 0.115 e. The quantitative estimate of drug-likeness (QED) is 0.390. The van der Waals surface area contributed by atoms with E-state index in [4.69, 9.17) is 10.8 Å². The highest BCUT2D eigenvalue weighted by atomic mass is 79.9. The Morgan fingerprint density at radius 2 is 2.11 bits per heavy atom. The number of hydrogen-bond donors (Lipinski definition) is 2. The molecule has 3 N–H and O–H groups in total. The normalized spacial score (nSPS) is 17.8. The van der Waals surface area contributed by atoms with Gasteiger partial charge in [0, 0.05) is 10.9 Å². The molecule has 0 aliphatic heterocycles. The molecule has 0 spiro atoms. The van der Waals surface area contributed by atoms with Crippen molar-refractivity contribution < 1.29 is 0 Å². The van der Waals surface area contributed by atoms with Gasteiger partial charge in [-0.15, -0.1) is 0 Å². The van der Waals surface area contributed by atoms with Gasteiger partial charge in [0.05, 0.1) is 6.04 Å². The zero-order valence-corrected chi connectivity index (χ0v) is 12.1. The van der Waals surface area contributed by atoms with Gasteiger partial charge in [0.2, 0.25) is 0 Å². The first kappa shape index (κ1) is 13.6. The predicted octanol–water partition coefficient (Wildman–Crippen LogP) is 3.19. The van der Waals surface area contributed by atoms with Gasteiger partial charge >= 0.3 is 0 Å². The minimum absolute atomic E-state index is 0.456. The summed E-state index contributed by atoms with van der Waals surface area (Å²) in [4.78, 5) is 4.74. The second-order valence-corrected chi connectivity index (χ2v) is 5.73. The molecule has 98 valence electrons. The van der Waals surface area contributed by atoms with E-state index in [1.807, 2.05) is 12.1 Å².